The van der Waals surface area contributed by atoms with Crippen LogP contribution < -0.4 is 5.32 Å². The van der Waals surface area contributed by atoms with Gasteiger partial charge in [-0.1, -0.05) is 38.7 Å². The van der Waals surface area contributed by atoms with E-state index in [1.54, 1.807) is 0 Å². The standard InChI is InChI=1S/C10H15N.C2H6/c1-4-9-7-11-6-5-10(9)8(2)3;1-2/h4,11H,1-2,5-7H2,3H3;1-2H3. The summed E-state index contributed by atoms with van der Waals surface area (Å²) in [6.07, 6.45) is 3.02. The lowest BCUT2D eigenvalue weighted by atomic mass is 9.96. The molecule has 0 aromatic heterocycles. The summed E-state index contributed by atoms with van der Waals surface area (Å²) in [5.74, 6) is 0. The molecule has 1 heteroatoms. The van der Waals surface area contributed by atoms with Crippen molar-refractivity contribution in [1.82, 2.24) is 5.32 Å². The molecule has 0 spiro atoms. The van der Waals surface area contributed by atoms with Crippen LogP contribution >= 0.6 is 0 Å². The van der Waals surface area contributed by atoms with E-state index >= 15 is 0 Å². The molecule has 0 saturated heterocycles. The minimum atomic E-state index is 0.950. The molecule has 0 bridgehead atoms. The summed E-state index contributed by atoms with van der Waals surface area (Å²) in [6.45, 7) is 15.8. The minimum Gasteiger partial charge on any atom is -0.312 e. The predicted molar refractivity (Wildman–Crippen MR) is 60.9 cm³/mol. The minimum absolute atomic E-state index is 0.950. The third-order valence-electron chi connectivity index (χ3n) is 2.02. The first-order chi connectivity index (χ1) is 6.25. The Morgan fingerprint density at radius 2 is 2.08 bits per heavy atom. The summed E-state index contributed by atoms with van der Waals surface area (Å²) in [5, 5.41) is 3.30. The molecule has 0 unspecified atom stereocenters. The quantitative estimate of drug-likeness (QED) is 0.687. The first-order valence-corrected chi connectivity index (χ1v) is 4.96. The second kappa shape index (κ2) is 6.67. The molecule has 0 atom stereocenters. The van der Waals surface area contributed by atoms with Crippen molar-refractivity contribution in [3.05, 3.63) is 36.0 Å². The van der Waals surface area contributed by atoms with E-state index in [1.807, 2.05) is 19.9 Å². The fourth-order valence-corrected chi connectivity index (χ4v) is 1.39. The molecule has 1 aliphatic heterocycles. The molecule has 74 valence electrons. The number of hydrogen-bond donors (Lipinski definition) is 1. The lowest BCUT2D eigenvalue weighted by Gasteiger charge is -2.19. The topological polar surface area (TPSA) is 12.0 Å². The highest BCUT2D eigenvalue weighted by Gasteiger charge is 2.09. The Bertz CT molecular complexity index is 211. The zero-order valence-electron chi connectivity index (χ0n) is 9.11. The van der Waals surface area contributed by atoms with Crippen molar-refractivity contribution in [3.63, 3.8) is 0 Å². The Labute approximate surface area is 82.2 Å². The van der Waals surface area contributed by atoms with Gasteiger partial charge in [-0.25, -0.2) is 0 Å². The molecule has 1 aliphatic rings. The zero-order chi connectivity index (χ0) is 10.3. The molecule has 0 radical (unpaired) electrons. The molecule has 1 rings (SSSR count). The van der Waals surface area contributed by atoms with Crippen molar-refractivity contribution in [2.24, 2.45) is 0 Å². The summed E-state index contributed by atoms with van der Waals surface area (Å²) in [6, 6.07) is 0. The summed E-state index contributed by atoms with van der Waals surface area (Å²) in [4.78, 5) is 0. The molecular weight excluding hydrogens is 158 g/mol. The van der Waals surface area contributed by atoms with E-state index in [9.17, 15) is 0 Å². The van der Waals surface area contributed by atoms with E-state index in [2.05, 4.69) is 25.4 Å². The summed E-state index contributed by atoms with van der Waals surface area (Å²) >= 11 is 0. The largest absolute Gasteiger partial charge is 0.312 e. The van der Waals surface area contributed by atoms with Crippen molar-refractivity contribution in [3.8, 4) is 0 Å². The van der Waals surface area contributed by atoms with Crippen LogP contribution in [0.3, 0.4) is 0 Å². The summed E-state index contributed by atoms with van der Waals surface area (Å²) in [7, 11) is 0. The van der Waals surface area contributed by atoms with Crippen LogP contribution in [0.4, 0.5) is 0 Å². The highest BCUT2D eigenvalue weighted by molar-refractivity contribution is 5.39. The van der Waals surface area contributed by atoms with Gasteiger partial charge in [-0.15, -0.1) is 0 Å². The second-order valence-corrected chi connectivity index (χ2v) is 2.92. The monoisotopic (exact) mass is 179 g/mol. The smallest absolute Gasteiger partial charge is 0.0208 e. The highest BCUT2D eigenvalue weighted by atomic mass is 14.9. The van der Waals surface area contributed by atoms with E-state index in [0.717, 1.165) is 19.5 Å². The second-order valence-electron chi connectivity index (χ2n) is 2.92. The van der Waals surface area contributed by atoms with Crippen LogP contribution in [-0.2, 0) is 0 Å². The molecule has 13 heavy (non-hydrogen) atoms. The van der Waals surface area contributed by atoms with Crippen molar-refractivity contribution in [1.29, 1.82) is 0 Å². The maximum absolute atomic E-state index is 3.94. The van der Waals surface area contributed by atoms with Gasteiger partial charge in [0.15, 0.2) is 0 Å². The molecule has 1 nitrogen and oxygen atoms in total. The van der Waals surface area contributed by atoms with Gasteiger partial charge in [0.25, 0.3) is 0 Å². The molecule has 1 N–H and O–H groups in total. The Morgan fingerprint density at radius 1 is 1.46 bits per heavy atom. The molecular formula is C12H21N. The number of hydrogen-bond acceptors (Lipinski definition) is 1. The molecule has 0 amide bonds. The Morgan fingerprint density at radius 3 is 2.46 bits per heavy atom. The van der Waals surface area contributed by atoms with Crippen molar-refractivity contribution < 1.29 is 0 Å². The van der Waals surface area contributed by atoms with Gasteiger partial charge in [0.1, 0.15) is 0 Å². The van der Waals surface area contributed by atoms with Crippen molar-refractivity contribution >= 4 is 0 Å². The van der Waals surface area contributed by atoms with Crippen LogP contribution in [0, 0.1) is 0 Å². The third-order valence-corrected chi connectivity index (χ3v) is 2.02. The van der Waals surface area contributed by atoms with Gasteiger partial charge in [0.2, 0.25) is 0 Å². The lowest BCUT2D eigenvalue weighted by molar-refractivity contribution is 0.691. The Hall–Kier alpha value is -0.820. The van der Waals surface area contributed by atoms with Crippen LogP contribution in [0.5, 0.6) is 0 Å². The van der Waals surface area contributed by atoms with E-state index in [-0.39, 0.29) is 0 Å². The molecule has 0 fully saturated rings. The lowest BCUT2D eigenvalue weighted by Crippen LogP contribution is -2.24. The van der Waals surface area contributed by atoms with E-state index in [0.29, 0.717) is 0 Å². The van der Waals surface area contributed by atoms with Crippen LogP contribution in [0.25, 0.3) is 0 Å². The maximum atomic E-state index is 3.94. The van der Waals surface area contributed by atoms with Crippen LogP contribution in [0.2, 0.25) is 0 Å². The average molecular weight is 179 g/mol. The number of rotatable bonds is 2. The predicted octanol–water partition coefficient (Wildman–Crippen LogP) is 3.06. The van der Waals surface area contributed by atoms with Crippen LogP contribution in [0.15, 0.2) is 36.0 Å². The van der Waals surface area contributed by atoms with Gasteiger partial charge in [0.05, 0.1) is 0 Å². The molecule has 1 heterocycles. The van der Waals surface area contributed by atoms with Crippen LogP contribution in [0.1, 0.15) is 27.2 Å². The summed E-state index contributed by atoms with van der Waals surface area (Å²) < 4.78 is 0. The molecule has 0 aromatic carbocycles. The number of allylic oxidation sites excluding steroid dienone is 1. The van der Waals surface area contributed by atoms with Gasteiger partial charge in [-0.2, -0.15) is 0 Å². The van der Waals surface area contributed by atoms with E-state index in [1.165, 1.54) is 16.7 Å². The first kappa shape index (κ1) is 12.2. The van der Waals surface area contributed by atoms with E-state index in [4.69, 9.17) is 0 Å². The SMILES string of the molecule is C=CC1=C(C(=C)C)CCNC1.CC. The van der Waals surface area contributed by atoms with Gasteiger partial charge >= 0.3 is 0 Å². The van der Waals surface area contributed by atoms with Crippen molar-refractivity contribution in [2.75, 3.05) is 13.1 Å². The fourth-order valence-electron chi connectivity index (χ4n) is 1.39. The van der Waals surface area contributed by atoms with Crippen molar-refractivity contribution in [2.45, 2.75) is 27.2 Å². The van der Waals surface area contributed by atoms with Crippen LogP contribution in [-0.4, -0.2) is 13.1 Å². The average Bonchev–Trinajstić information content (AvgIpc) is 2.20. The maximum Gasteiger partial charge on any atom is 0.0208 e. The van der Waals surface area contributed by atoms with Gasteiger partial charge < -0.3 is 5.32 Å². The Kier molecular flexibility index (Phi) is 6.25. The Balaban J connectivity index is 0.000000671. The van der Waals surface area contributed by atoms with Gasteiger partial charge in [0, 0.05) is 6.54 Å². The van der Waals surface area contributed by atoms with Gasteiger partial charge in [-0.05, 0) is 31.0 Å². The van der Waals surface area contributed by atoms with E-state index < -0.39 is 0 Å². The third kappa shape index (κ3) is 3.60. The number of nitrogens with one attached hydrogen (secondary N) is 1. The first-order valence-electron chi connectivity index (χ1n) is 4.96. The molecule has 0 aliphatic carbocycles. The van der Waals surface area contributed by atoms with Gasteiger partial charge in [-0.3, -0.25) is 0 Å². The normalized spacial score (nSPS) is 15.9. The molecule has 0 saturated carbocycles. The highest BCUT2D eigenvalue weighted by Crippen LogP contribution is 2.19. The summed E-state index contributed by atoms with van der Waals surface area (Å²) in [5.41, 5.74) is 3.88. The molecule has 0 aromatic rings. The zero-order valence-corrected chi connectivity index (χ0v) is 9.11. The fraction of sp³-hybridized carbons (Fsp3) is 0.500.